The zero-order valence-corrected chi connectivity index (χ0v) is 26.2. The molecule has 45 heavy (non-hydrogen) atoms. The molecule has 0 aromatic carbocycles. The number of esters is 2. The number of carbonyl (C=O) groups is 7. The van der Waals surface area contributed by atoms with Gasteiger partial charge in [0.05, 0.1) is 6.54 Å². The molecule has 0 aliphatic heterocycles. The largest absolute Gasteiger partial charge is 0.460 e. The maximum Gasteiger partial charge on any atom is 0.329 e. The quantitative estimate of drug-likeness (QED) is 0.0464. The van der Waals surface area contributed by atoms with Crippen LogP contribution >= 0.6 is 0 Å². The zero-order valence-electron chi connectivity index (χ0n) is 26.2. The van der Waals surface area contributed by atoms with E-state index < -0.39 is 65.0 Å². The zero-order chi connectivity index (χ0) is 34.6. The molecule has 0 unspecified atom stereocenters. The summed E-state index contributed by atoms with van der Waals surface area (Å²) in [6, 6.07) is -3.96. The first-order valence-electron chi connectivity index (χ1n) is 14.0. The van der Waals surface area contributed by atoms with Crippen LogP contribution in [0.3, 0.4) is 0 Å². The van der Waals surface area contributed by atoms with E-state index in [1.54, 1.807) is 39.8 Å². The number of nitrogens with zero attached hydrogens (tertiary/aromatic N) is 5. The molecule has 0 heterocycles. The van der Waals surface area contributed by atoms with Gasteiger partial charge in [0.2, 0.25) is 29.3 Å². The summed E-state index contributed by atoms with van der Waals surface area (Å²) < 4.78 is 10.3. The SMILES string of the molecule is C=CCOC(=O)[C@H](CCC(=O)N[C@@H](CCC(=O)C=[N+]=[N-])C(=O)N[C@@H](CCC(=O)C=[N+]=[N-])C(=O)OC(C)(C)C)NC(=O)CN(C)C. The minimum Gasteiger partial charge on any atom is -0.460 e. The van der Waals surface area contributed by atoms with Crippen molar-refractivity contribution >= 4 is 53.7 Å². The van der Waals surface area contributed by atoms with Crippen molar-refractivity contribution in [2.75, 3.05) is 27.2 Å². The van der Waals surface area contributed by atoms with E-state index in [9.17, 15) is 33.6 Å². The van der Waals surface area contributed by atoms with Crippen LogP contribution < -0.4 is 16.0 Å². The molecule has 0 saturated heterocycles. The van der Waals surface area contributed by atoms with Gasteiger partial charge >= 0.3 is 24.4 Å². The summed E-state index contributed by atoms with van der Waals surface area (Å²) in [7, 11) is 3.30. The predicted octanol–water partition coefficient (Wildman–Crippen LogP) is -0.847. The highest BCUT2D eigenvalue weighted by atomic mass is 16.6. The van der Waals surface area contributed by atoms with E-state index >= 15 is 0 Å². The minimum absolute atomic E-state index is 0.0396. The van der Waals surface area contributed by atoms with Crippen molar-refractivity contribution in [3.8, 4) is 0 Å². The molecule has 0 aromatic rings. The number of rotatable bonds is 21. The molecule has 3 atom stereocenters. The summed E-state index contributed by atoms with van der Waals surface area (Å²) in [6.07, 6.45) is 0.821. The Bertz CT molecular complexity index is 1200. The van der Waals surface area contributed by atoms with E-state index in [0.29, 0.717) is 12.4 Å². The molecule has 248 valence electrons. The van der Waals surface area contributed by atoms with E-state index in [0.717, 1.165) is 0 Å². The van der Waals surface area contributed by atoms with Gasteiger partial charge in [0.25, 0.3) is 0 Å². The van der Waals surface area contributed by atoms with E-state index in [-0.39, 0.29) is 51.7 Å². The lowest BCUT2D eigenvalue weighted by molar-refractivity contribution is -0.159. The number of ketones is 2. The fourth-order valence-corrected chi connectivity index (χ4v) is 3.55. The van der Waals surface area contributed by atoms with Crippen molar-refractivity contribution in [2.45, 2.75) is 83.0 Å². The van der Waals surface area contributed by atoms with Crippen molar-refractivity contribution in [2.24, 2.45) is 0 Å². The molecular formula is C28H42N8O9. The number of amides is 3. The second-order valence-electron chi connectivity index (χ2n) is 11.0. The van der Waals surface area contributed by atoms with Gasteiger partial charge < -0.3 is 41.4 Å². The minimum atomic E-state index is -1.40. The average molecular weight is 635 g/mol. The van der Waals surface area contributed by atoms with Gasteiger partial charge in [-0.3, -0.25) is 24.0 Å². The average Bonchev–Trinajstić information content (AvgIpc) is 2.92. The van der Waals surface area contributed by atoms with Gasteiger partial charge in [-0.2, -0.15) is 9.58 Å². The maximum atomic E-state index is 13.3. The van der Waals surface area contributed by atoms with E-state index in [1.165, 1.54) is 6.08 Å². The van der Waals surface area contributed by atoms with Crippen LogP contribution in [0, 0.1) is 0 Å². The maximum absolute atomic E-state index is 13.3. The van der Waals surface area contributed by atoms with E-state index in [4.69, 9.17) is 20.5 Å². The molecule has 17 nitrogen and oxygen atoms in total. The van der Waals surface area contributed by atoms with Crippen LogP contribution in [0.1, 0.15) is 59.3 Å². The lowest BCUT2D eigenvalue weighted by atomic mass is 10.0. The molecule has 3 N–H and O–H groups in total. The number of hydrogen-bond acceptors (Lipinski definition) is 10. The fourth-order valence-electron chi connectivity index (χ4n) is 3.55. The van der Waals surface area contributed by atoms with Crippen LogP contribution in [0.4, 0.5) is 0 Å². The second-order valence-corrected chi connectivity index (χ2v) is 11.0. The van der Waals surface area contributed by atoms with Gasteiger partial charge in [0.1, 0.15) is 30.3 Å². The summed E-state index contributed by atoms with van der Waals surface area (Å²) in [5, 5.41) is 7.36. The third-order valence-corrected chi connectivity index (χ3v) is 5.50. The van der Waals surface area contributed by atoms with Gasteiger partial charge in [0, 0.05) is 19.3 Å². The van der Waals surface area contributed by atoms with E-state index in [1.807, 2.05) is 0 Å². The molecule has 3 amide bonds. The number of Topliss-reactive ketones (excluding diaryl/α,β-unsaturated/α-hetero) is 2. The van der Waals surface area contributed by atoms with Crippen molar-refractivity contribution in [1.82, 2.24) is 20.9 Å². The molecule has 0 spiro atoms. The lowest BCUT2D eigenvalue weighted by Gasteiger charge is -2.26. The summed E-state index contributed by atoms with van der Waals surface area (Å²) in [6.45, 7) is 8.06. The topological polar surface area (TPSA) is 250 Å². The summed E-state index contributed by atoms with van der Waals surface area (Å²) in [5.74, 6) is -5.15. The smallest absolute Gasteiger partial charge is 0.329 e. The molecule has 0 radical (unpaired) electrons. The first kappa shape index (κ1) is 40.1. The number of carbonyl (C=O) groups excluding carboxylic acids is 7. The Kier molecular flexibility index (Phi) is 18.7. The summed E-state index contributed by atoms with van der Waals surface area (Å²) >= 11 is 0. The van der Waals surface area contributed by atoms with Crippen LogP contribution in [0.25, 0.3) is 11.1 Å². The van der Waals surface area contributed by atoms with Crippen molar-refractivity contribution in [3.05, 3.63) is 23.7 Å². The number of likely N-dealkylation sites (N-methyl/N-ethyl adjacent to an activating group) is 1. The molecule has 0 bridgehead atoms. The first-order chi connectivity index (χ1) is 21.0. The molecule has 0 saturated carbocycles. The Labute approximate surface area is 261 Å². The van der Waals surface area contributed by atoms with Crippen molar-refractivity contribution in [1.29, 1.82) is 0 Å². The molecule has 17 heteroatoms. The van der Waals surface area contributed by atoms with Crippen molar-refractivity contribution in [3.63, 3.8) is 0 Å². The highest BCUT2D eigenvalue weighted by molar-refractivity contribution is 6.25. The molecule has 0 fully saturated rings. The summed E-state index contributed by atoms with van der Waals surface area (Å²) in [4.78, 5) is 94.4. The molecular weight excluding hydrogens is 592 g/mol. The second kappa shape index (κ2) is 21.0. The Hall–Kier alpha value is -4.85. The van der Waals surface area contributed by atoms with Crippen molar-refractivity contribution < 1.29 is 52.6 Å². The van der Waals surface area contributed by atoms with Gasteiger partial charge in [-0.1, -0.05) is 12.7 Å². The first-order valence-corrected chi connectivity index (χ1v) is 14.0. The van der Waals surface area contributed by atoms with Crippen LogP contribution in [0.15, 0.2) is 12.7 Å². The number of hydrogen-bond donors (Lipinski definition) is 3. The van der Waals surface area contributed by atoms with Crippen LogP contribution in [-0.2, 0) is 43.0 Å². The third-order valence-electron chi connectivity index (χ3n) is 5.50. The molecule has 0 aliphatic carbocycles. The Morgan fingerprint density at radius 3 is 1.76 bits per heavy atom. The molecule has 0 aliphatic rings. The fraction of sp³-hybridized carbons (Fsp3) is 0.607. The molecule has 0 rings (SSSR count). The molecule has 0 aromatic heterocycles. The number of nitrogens with one attached hydrogen (secondary N) is 3. The van der Waals surface area contributed by atoms with Crippen LogP contribution in [0.5, 0.6) is 0 Å². The normalized spacial score (nSPS) is 12.6. The van der Waals surface area contributed by atoms with E-state index in [2.05, 4.69) is 32.1 Å². The highest BCUT2D eigenvalue weighted by Gasteiger charge is 2.31. The lowest BCUT2D eigenvalue weighted by Crippen LogP contribution is -2.53. The number of ether oxygens (including phenoxy) is 2. The van der Waals surface area contributed by atoms with Gasteiger partial charge in [-0.05, 0) is 54.1 Å². The Morgan fingerprint density at radius 1 is 0.778 bits per heavy atom. The Balaban J connectivity index is 5.90. The summed E-state index contributed by atoms with van der Waals surface area (Å²) in [5.41, 5.74) is 16.2. The monoisotopic (exact) mass is 634 g/mol. The van der Waals surface area contributed by atoms with Crippen LogP contribution in [0.2, 0.25) is 0 Å². The Morgan fingerprint density at radius 2 is 1.27 bits per heavy atom. The predicted molar refractivity (Wildman–Crippen MR) is 158 cm³/mol. The standard InChI is InChI=1S/C28H42N8O9/c1-7-14-44-26(42)21(34-24(40)17-36(5)6)12-13-23(39)33-20(10-8-18(37)15-31-29)25(41)35-22(11-9-19(38)16-32-30)27(43)45-28(2,3)4/h7,15-16,20-22H,1,8-14,17H2,2-6H3,(H,33,39)(H,34,40)(H,35,41)/t20-,21-,22-/m0/s1. The third kappa shape index (κ3) is 19.1. The highest BCUT2D eigenvalue weighted by Crippen LogP contribution is 2.12. The van der Waals surface area contributed by atoms with Gasteiger partial charge in [-0.25, -0.2) is 9.59 Å². The van der Waals surface area contributed by atoms with Gasteiger partial charge in [0.15, 0.2) is 0 Å². The van der Waals surface area contributed by atoms with Crippen LogP contribution in [-0.4, -0.2) is 119 Å². The van der Waals surface area contributed by atoms with Gasteiger partial charge in [-0.15, -0.1) is 0 Å².